The van der Waals surface area contributed by atoms with Gasteiger partial charge in [-0.15, -0.1) is 0 Å². The number of nitrogens with zero attached hydrogens (tertiary/aromatic N) is 5. The molecule has 5 rings (SSSR count). The fraction of sp³-hybridized carbons (Fsp3) is 0.148. The van der Waals surface area contributed by atoms with Gasteiger partial charge in [-0.05, 0) is 49.7 Å². The van der Waals surface area contributed by atoms with Crippen molar-refractivity contribution in [3.63, 3.8) is 0 Å². The van der Waals surface area contributed by atoms with Crippen molar-refractivity contribution in [1.29, 1.82) is 0 Å². The first-order chi connectivity index (χ1) is 17.9. The van der Waals surface area contributed by atoms with Crippen LogP contribution in [0.4, 0.5) is 11.6 Å². The van der Waals surface area contributed by atoms with Crippen molar-refractivity contribution in [3.8, 4) is 11.6 Å². The molecule has 0 bridgehead atoms. The molecule has 0 atom stereocenters. The molecule has 0 aliphatic heterocycles. The van der Waals surface area contributed by atoms with E-state index in [-0.39, 0.29) is 5.56 Å². The normalized spacial score (nSPS) is 11.0. The van der Waals surface area contributed by atoms with Crippen LogP contribution in [0.15, 0.2) is 78.0 Å². The molecule has 10 nitrogen and oxygen atoms in total. The molecule has 37 heavy (non-hydrogen) atoms. The van der Waals surface area contributed by atoms with Gasteiger partial charge in [-0.3, -0.25) is 14.2 Å². The molecule has 0 unspecified atom stereocenters. The predicted octanol–water partition coefficient (Wildman–Crippen LogP) is 4.00. The lowest BCUT2D eigenvalue weighted by Crippen LogP contribution is -2.20. The number of fused-ring (bicyclic) bond motifs is 1. The van der Waals surface area contributed by atoms with Crippen molar-refractivity contribution >= 4 is 28.7 Å². The lowest BCUT2D eigenvalue weighted by molar-refractivity contribution is 0.1000. The first-order valence-corrected chi connectivity index (χ1v) is 11.7. The highest BCUT2D eigenvalue weighted by Crippen LogP contribution is 2.24. The highest BCUT2D eigenvalue weighted by molar-refractivity contribution is 5.92. The molecule has 186 valence electrons. The Morgan fingerprint density at radius 3 is 2.43 bits per heavy atom. The minimum absolute atomic E-state index is 0.303. The van der Waals surface area contributed by atoms with Gasteiger partial charge in [-0.25, -0.2) is 9.97 Å². The van der Waals surface area contributed by atoms with E-state index in [4.69, 9.17) is 10.5 Å². The van der Waals surface area contributed by atoms with Gasteiger partial charge in [0.15, 0.2) is 11.2 Å². The summed E-state index contributed by atoms with van der Waals surface area (Å²) >= 11 is 0. The van der Waals surface area contributed by atoms with Gasteiger partial charge in [0, 0.05) is 24.5 Å². The number of pyridine rings is 1. The number of benzene rings is 2. The van der Waals surface area contributed by atoms with Gasteiger partial charge < -0.3 is 20.4 Å². The maximum absolute atomic E-state index is 12.9. The number of rotatable bonds is 8. The van der Waals surface area contributed by atoms with E-state index in [2.05, 4.69) is 44.5 Å². The number of hydrogen-bond donors (Lipinski definition) is 2. The second-order valence-corrected chi connectivity index (χ2v) is 8.52. The number of aromatic nitrogens is 5. The molecular weight excluding hydrogens is 470 g/mol. The Morgan fingerprint density at radius 2 is 1.78 bits per heavy atom. The molecule has 3 N–H and O–H groups in total. The highest BCUT2D eigenvalue weighted by Gasteiger charge is 2.16. The zero-order valence-electron chi connectivity index (χ0n) is 20.4. The van der Waals surface area contributed by atoms with E-state index in [0.717, 1.165) is 5.56 Å². The Kier molecular flexibility index (Phi) is 6.38. The van der Waals surface area contributed by atoms with E-state index in [0.29, 0.717) is 53.1 Å². The van der Waals surface area contributed by atoms with Crippen molar-refractivity contribution in [3.05, 3.63) is 100 Å². The fourth-order valence-corrected chi connectivity index (χ4v) is 3.90. The van der Waals surface area contributed by atoms with Gasteiger partial charge in [0.1, 0.15) is 5.75 Å². The summed E-state index contributed by atoms with van der Waals surface area (Å²) in [5, 5.41) is 3.26. The summed E-state index contributed by atoms with van der Waals surface area (Å²) in [4.78, 5) is 37.1. The van der Waals surface area contributed by atoms with Crippen LogP contribution in [0.2, 0.25) is 0 Å². The van der Waals surface area contributed by atoms with Crippen LogP contribution in [0.5, 0.6) is 11.6 Å². The van der Waals surface area contributed by atoms with E-state index in [1.807, 2.05) is 30.5 Å². The molecule has 1 amide bonds. The third-order valence-corrected chi connectivity index (χ3v) is 5.90. The molecule has 0 fully saturated rings. The summed E-state index contributed by atoms with van der Waals surface area (Å²) in [6.07, 6.45) is 3.03. The maximum atomic E-state index is 12.9. The van der Waals surface area contributed by atoms with Crippen molar-refractivity contribution in [2.75, 3.05) is 5.32 Å². The molecule has 0 saturated carbocycles. The molecule has 2 aromatic carbocycles. The number of amides is 1. The number of primary amides is 1. The van der Waals surface area contributed by atoms with E-state index in [1.54, 1.807) is 35.2 Å². The Bertz CT molecular complexity index is 1620. The third kappa shape index (κ3) is 5.03. The first-order valence-electron chi connectivity index (χ1n) is 11.7. The summed E-state index contributed by atoms with van der Waals surface area (Å²) in [6, 6.07) is 18.5. The van der Waals surface area contributed by atoms with Gasteiger partial charge >= 0.3 is 5.56 Å². The Hall–Kier alpha value is -4.99. The van der Waals surface area contributed by atoms with E-state index in [9.17, 15) is 9.59 Å². The van der Waals surface area contributed by atoms with Crippen LogP contribution in [-0.4, -0.2) is 30.0 Å². The fourth-order valence-electron chi connectivity index (χ4n) is 3.90. The Morgan fingerprint density at radius 1 is 1.03 bits per heavy atom. The summed E-state index contributed by atoms with van der Waals surface area (Å²) in [5.74, 6) is 0.712. The van der Waals surface area contributed by atoms with Crippen molar-refractivity contribution in [2.45, 2.75) is 26.9 Å². The van der Waals surface area contributed by atoms with Crippen molar-refractivity contribution in [2.24, 2.45) is 5.73 Å². The van der Waals surface area contributed by atoms with Crippen LogP contribution in [0.25, 0.3) is 11.2 Å². The Labute approximate surface area is 212 Å². The van der Waals surface area contributed by atoms with Crippen LogP contribution < -0.4 is 21.3 Å². The van der Waals surface area contributed by atoms with Gasteiger partial charge in [0.2, 0.25) is 17.7 Å². The van der Waals surface area contributed by atoms with Crippen molar-refractivity contribution < 1.29 is 9.53 Å². The topological polar surface area (TPSA) is 130 Å². The number of carbonyl (C=O) groups is 1. The average molecular weight is 496 g/mol. The minimum atomic E-state index is -0.552. The standard InChI is InChI=1S/C27H25N7O3/c1-3-33-16-30-25-23(33)26(36)32-27(34(25)15-18-6-4-17(2)5-7-18)31-20-9-11-21(12-10-20)37-22-13-8-19(14-29-22)24(28)35/h4-14,16H,3,15H2,1-2H3,(H2,28,35)(H,31,32,36). The van der Waals surface area contributed by atoms with Crippen LogP contribution in [0.1, 0.15) is 28.4 Å². The number of nitrogens with one attached hydrogen (secondary N) is 1. The molecule has 3 heterocycles. The van der Waals surface area contributed by atoms with Gasteiger partial charge in [0.25, 0.3) is 0 Å². The molecule has 0 saturated heterocycles. The second-order valence-electron chi connectivity index (χ2n) is 8.52. The van der Waals surface area contributed by atoms with Gasteiger partial charge in [-0.1, -0.05) is 29.8 Å². The summed E-state index contributed by atoms with van der Waals surface area (Å²) in [6.45, 7) is 5.11. The van der Waals surface area contributed by atoms with Crippen LogP contribution in [0, 0.1) is 6.92 Å². The first kappa shape index (κ1) is 23.7. The van der Waals surface area contributed by atoms with E-state index >= 15 is 0 Å². The monoisotopic (exact) mass is 495 g/mol. The molecule has 0 radical (unpaired) electrons. The SMILES string of the molecule is CCn1cnc2c1c(=O)nc(Nc1ccc(Oc3ccc(C(N)=O)cn3)cc1)n2Cc1ccc(C)cc1. The second kappa shape index (κ2) is 9.94. The molecule has 3 aromatic heterocycles. The number of hydrogen-bond acceptors (Lipinski definition) is 7. The number of anilines is 2. The number of imidazole rings is 1. The van der Waals surface area contributed by atoms with Gasteiger partial charge in [0.05, 0.1) is 18.4 Å². The minimum Gasteiger partial charge on any atom is -0.439 e. The van der Waals surface area contributed by atoms with Crippen LogP contribution in [-0.2, 0) is 13.1 Å². The largest absolute Gasteiger partial charge is 0.439 e. The average Bonchev–Trinajstić information content (AvgIpc) is 3.34. The van der Waals surface area contributed by atoms with E-state index < -0.39 is 5.91 Å². The zero-order valence-corrected chi connectivity index (χ0v) is 20.4. The van der Waals surface area contributed by atoms with Crippen molar-refractivity contribution in [1.82, 2.24) is 24.1 Å². The molecule has 10 heteroatoms. The number of aryl methyl sites for hydroxylation is 2. The molecule has 0 aliphatic carbocycles. The number of ether oxygens (including phenoxy) is 1. The van der Waals surface area contributed by atoms with Crippen LogP contribution >= 0.6 is 0 Å². The highest BCUT2D eigenvalue weighted by atomic mass is 16.5. The molecule has 5 aromatic rings. The Balaban J connectivity index is 1.44. The smallest absolute Gasteiger partial charge is 0.300 e. The zero-order chi connectivity index (χ0) is 25.9. The van der Waals surface area contributed by atoms with E-state index in [1.165, 1.54) is 11.8 Å². The van der Waals surface area contributed by atoms with Crippen LogP contribution in [0.3, 0.4) is 0 Å². The summed E-state index contributed by atoms with van der Waals surface area (Å²) < 4.78 is 9.45. The number of carbonyl (C=O) groups excluding carboxylic acids is 1. The molecule has 0 spiro atoms. The summed E-state index contributed by atoms with van der Waals surface area (Å²) in [7, 11) is 0. The third-order valence-electron chi connectivity index (χ3n) is 5.90. The summed E-state index contributed by atoms with van der Waals surface area (Å²) in [5.41, 5.74) is 9.18. The number of nitrogens with two attached hydrogens (primary N) is 1. The predicted molar refractivity (Wildman–Crippen MR) is 140 cm³/mol. The van der Waals surface area contributed by atoms with Gasteiger partial charge in [-0.2, -0.15) is 4.98 Å². The quantitative estimate of drug-likeness (QED) is 0.333. The molecular formula is C27H25N7O3. The lowest BCUT2D eigenvalue weighted by atomic mass is 10.1. The maximum Gasteiger partial charge on any atom is 0.300 e. The molecule has 0 aliphatic rings. The lowest BCUT2D eigenvalue weighted by Gasteiger charge is -2.16.